The monoisotopic (exact) mass is 536 g/mol. The summed E-state index contributed by atoms with van der Waals surface area (Å²) in [5.74, 6) is -0.317. The maximum absolute atomic E-state index is 13.3. The van der Waals surface area contributed by atoms with Gasteiger partial charge >= 0.3 is 6.18 Å². The molecule has 1 aromatic carbocycles. The second kappa shape index (κ2) is 11.2. The van der Waals surface area contributed by atoms with Crippen molar-refractivity contribution in [2.45, 2.75) is 30.9 Å². The Hall–Kier alpha value is -2.68. The maximum Gasteiger partial charge on any atom is 0.416 e. The fourth-order valence-corrected chi connectivity index (χ4v) is 5.11. The van der Waals surface area contributed by atoms with Crippen molar-refractivity contribution >= 4 is 29.1 Å². The highest BCUT2D eigenvalue weighted by Gasteiger charge is 2.38. The van der Waals surface area contributed by atoms with Crippen molar-refractivity contribution in [3.8, 4) is 0 Å². The second-order valence-electron chi connectivity index (χ2n) is 8.93. The average Bonchev–Trinajstić information content (AvgIpc) is 2.86. The molecule has 0 aliphatic carbocycles. The lowest BCUT2D eigenvalue weighted by atomic mass is 9.75. The van der Waals surface area contributed by atoms with Crippen molar-refractivity contribution in [3.63, 3.8) is 0 Å². The van der Waals surface area contributed by atoms with Gasteiger partial charge in [0, 0.05) is 36.0 Å². The third-order valence-corrected chi connectivity index (χ3v) is 7.04. The molecule has 0 atom stereocenters. The van der Waals surface area contributed by atoms with Gasteiger partial charge in [0.25, 0.3) is 5.91 Å². The number of benzene rings is 1. The zero-order chi connectivity index (χ0) is 25.8. The summed E-state index contributed by atoms with van der Waals surface area (Å²) in [5.41, 5.74) is 0.505. The van der Waals surface area contributed by atoms with Gasteiger partial charge in [-0.1, -0.05) is 47.5 Å². The van der Waals surface area contributed by atoms with Crippen LogP contribution in [0.1, 0.15) is 40.0 Å². The van der Waals surface area contributed by atoms with Crippen LogP contribution >= 0.6 is 23.2 Å². The Morgan fingerprint density at radius 3 is 2.33 bits per heavy atom. The Labute approximate surface area is 217 Å². The van der Waals surface area contributed by atoms with Gasteiger partial charge in [0.1, 0.15) is 10.3 Å². The van der Waals surface area contributed by atoms with Crippen molar-refractivity contribution in [2.75, 3.05) is 26.2 Å². The first-order chi connectivity index (χ1) is 17.2. The van der Waals surface area contributed by atoms with Crippen molar-refractivity contribution in [3.05, 3.63) is 93.5 Å². The van der Waals surface area contributed by atoms with E-state index in [0.29, 0.717) is 56.6 Å². The van der Waals surface area contributed by atoms with Crippen LogP contribution in [0.5, 0.6) is 0 Å². The van der Waals surface area contributed by atoms with Gasteiger partial charge < -0.3 is 10.2 Å². The number of carbonyl (C=O) groups is 1. The number of pyridine rings is 2. The Bertz CT molecular complexity index is 1180. The molecule has 10 heteroatoms. The molecule has 3 heterocycles. The van der Waals surface area contributed by atoms with Crippen molar-refractivity contribution in [2.24, 2.45) is 0 Å². The smallest absolute Gasteiger partial charge is 0.351 e. The van der Waals surface area contributed by atoms with Crippen LogP contribution in [0.2, 0.25) is 10.3 Å². The number of hydrogen-bond donors (Lipinski definition) is 1. The molecule has 0 unspecified atom stereocenters. The van der Waals surface area contributed by atoms with Crippen LogP contribution in [-0.4, -0.2) is 47.0 Å². The summed E-state index contributed by atoms with van der Waals surface area (Å²) in [6.45, 7) is 2.22. The van der Waals surface area contributed by atoms with E-state index in [1.807, 2.05) is 18.2 Å². The van der Waals surface area contributed by atoms with Crippen molar-refractivity contribution in [1.29, 1.82) is 0 Å². The number of halogens is 5. The number of rotatable bonds is 7. The van der Waals surface area contributed by atoms with E-state index in [1.54, 1.807) is 12.3 Å². The van der Waals surface area contributed by atoms with Gasteiger partial charge in [-0.15, -0.1) is 0 Å². The van der Waals surface area contributed by atoms with Gasteiger partial charge in [0.15, 0.2) is 0 Å². The van der Waals surface area contributed by atoms with Crippen LogP contribution in [0, 0.1) is 0 Å². The van der Waals surface area contributed by atoms with Crippen molar-refractivity contribution < 1.29 is 18.0 Å². The molecule has 5 nitrogen and oxygen atoms in total. The molecule has 1 amide bonds. The van der Waals surface area contributed by atoms with Crippen LogP contribution in [0.3, 0.4) is 0 Å². The zero-order valence-electron chi connectivity index (χ0n) is 19.4. The Balaban J connectivity index is 1.43. The molecule has 0 radical (unpaired) electrons. The molecule has 1 aliphatic heterocycles. The molecule has 0 spiro atoms. The fraction of sp³-hybridized carbons (Fsp3) is 0.346. The van der Waals surface area contributed by atoms with Gasteiger partial charge in [0.05, 0.1) is 5.56 Å². The van der Waals surface area contributed by atoms with E-state index < -0.39 is 17.2 Å². The average molecular weight is 537 g/mol. The highest BCUT2D eigenvalue weighted by molar-refractivity contribution is 6.33. The number of nitrogens with zero attached hydrogens (tertiary/aromatic N) is 3. The Kier molecular flexibility index (Phi) is 8.17. The maximum atomic E-state index is 13.3. The molecule has 3 aromatic rings. The van der Waals surface area contributed by atoms with Gasteiger partial charge in [-0.25, -0.2) is 4.98 Å². The van der Waals surface area contributed by atoms with Crippen LogP contribution in [0.25, 0.3) is 0 Å². The van der Waals surface area contributed by atoms with Crippen LogP contribution in [-0.2, 0) is 18.0 Å². The lowest BCUT2D eigenvalue weighted by molar-refractivity contribution is -0.138. The van der Waals surface area contributed by atoms with Gasteiger partial charge in [-0.2, -0.15) is 13.2 Å². The van der Waals surface area contributed by atoms with E-state index in [-0.39, 0.29) is 16.2 Å². The summed E-state index contributed by atoms with van der Waals surface area (Å²) >= 11 is 11.9. The molecule has 1 fully saturated rings. The predicted molar refractivity (Wildman–Crippen MR) is 133 cm³/mol. The summed E-state index contributed by atoms with van der Waals surface area (Å²) in [5, 5.41) is 3.26. The summed E-state index contributed by atoms with van der Waals surface area (Å²) in [6, 6.07) is 14.3. The van der Waals surface area contributed by atoms with E-state index in [2.05, 4.69) is 20.2 Å². The number of alkyl halides is 3. The molecule has 0 saturated carbocycles. The van der Waals surface area contributed by atoms with E-state index >= 15 is 0 Å². The molecule has 4 rings (SSSR count). The zero-order valence-corrected chi connectivity index (χ0v) is 20.9. The molecule has 0 bridgehead atoms. The van der Waals surface area contributed by atoms with Crippen molar-refractivity contribution in [1.82, 2.24) is 20.2 Å². The Morgan fingerprint density at radius 2 is 1.69 bits per heavy atom. The molecule has 1 saturated heterocycles. The van der Waals surface area contributed by atoms with E-state index in [9.17, 15) is 18.0 Å². The van der Waals surface area contributed by atoms with E-state index in [1.165, 1.54) is 24.3 Å². The summed E-state index contributed by atoms with van der Waals surface area (Å²) < 4.78 is 40.0. The number of likely N-dealkylation sites (tertiary alicyclic amines) is 1. The number of hydrogen-bond acceptors (Lipinski definition) is 4. The number of nitrogens with one attached hydrogen (secondary N) is 1. The van der Waals surface area contributed by atoms with Gasteiger partial charge in [-0.05, 0) is 68.2 Å². The van der Waals surface area contributed by atoms with E-state index in [0.717, 1.165) is 11.8 Å². The number of piperidine rings is 1. The minimum Gasteiger partial charge on any atom is -0.351 e. The minimum absolute atomic E-state index is 0.132. The standard InChI is InChI=1S/C26H25Cl2F3N4O/c27-22-15-19(16-23(28)34-22)24(36)33-17-25(21-7-3-4-11-32-21)9-13-35(14-10-25)12-8-18-5-1-2-6-20(18)26(29,30)31/h1-7,11,15-16H,8-10,12-14,17H2,(H,33,36). The first kappa shape index (κ1) is 26.4. The molecule has 2 aromatic heterocycles. The molecule has 1 aliphatic rings. The number of aromatic nitrogens is 2. The lowest BCUT2D eigenvalue weighted by Gasteiger charge is -2.41. The quantitative estimate of drug-likeness (QED) is 0.387. The molecular weight excluding hydrogens is 512 g/mol. The fourth-order valence-electron chi connectivity index (χ4n) is 4.65. The molecular formula is C26H25Cl2F3N4O. The predicted octanol–water partition coefficient (Wildman–Crippen LogP) is 5.81. The molecule has 1 N–H and O–H groups in total. The summed E-state index contributed by atoms with van der Waals surface area (Å²) in [7, 11) is 0. The van der Waals surface area contributed by atoms with Gasteiger partial charge in [0.2, 0.25) is 0 Å². The summed E-state index contributed by atoms with van der Waals surface area (Å²) in [6.07, 6.45) is -0.936. The number of carbonyl (C=O) groups excluding carboxylic acids is 1. The number of amides is 1. The van der Waals surface area contributed by atoms with Crippen LogP contribution < -0.4 is 5.32 Å². The summed E-state index contributed by atoms with van der Waals surface area (Å²) in [4.78, 5) is 23.4. The largest absolute Gasteiger partial charge is 0.416 e. The topological polar surface area (TPSA) is 58.1 Å². The normalized spacial score (nSPS) is 16.0. The van der Waals surface area contributed by atoms with Gasteiger partial charge in [-0.3, -0.25) is 9.78 Å². The highest BCUT2D eigenvalue weighted by atomic mass is 35.5. The van der Waals surface area contributed by atoms with Crippen LogP contribution in [0.4, 0.5) is 13.2 Å². The Morgan fingerprint density at radius 1 is 1.03 bits per heavy atom. The molecule has 36 heavy (non-hydrogen) atoms. The first-order valence-electron chi connectivity index (χ1n) is 11.6. The SMILES string of the molecule is O=C(NCC1(c2ccccn2)CCN(CCc2ccccc2C(F)(F)F)CC1)c1cc(Cl)nc(Cl)c1. The first-order valence-corrected chi connectivity index (χ1v) is 12.3. The third-order valence-electron chi connectivity index (χ3n) is 6.65. The van der Waals surface area contributed by atoms with Crippen LogP contribution in [0.15, 0.2) is 60.8 Å². The highest BCUT2D eigenvalue weighted by Crippen LogP contribution is 2.35. The second-order valence-corrected chi connectivity index (χ2v) is 9.70. The van der Waals surface area contributed by atoms with E-state index in [4.69, 9.17) is 23.2 Å². The molecule has 190 valence electrons. The lowest BCUT2D eigenvalue weighted by Crippen LogP contribution is -2.49. The minimum atomic E-state index is -4.37. The third kappa shape index (κ3) is 6.35.